The maximum Gasteiger partial charge on any atom is 0.407 e. The summed E-state index contributed by atoms with van der Waals surface area (Å²) in [4.78, 5) is 35.2. The summed E-state index contributed by atoms with van der Waals surface area (Å²) < 4.78 is 32.2. The molecule has 0 saturated heterocycles. The van der Waals surface area contributed by atoms with Gasteiger partial charge in [-0.3, -0.25) is 0 Å². The van der Waals surface area contributed by atoms with Crippen molar-refractivity contribution in [1.82, 2.24) is 5.32 Å². The SMILES string of the molecule is C=C(C)C(=O)OCCOCC(COC(=O)C(=C)C)OC(=O)NCCC[Si](C)(OCC)OCC. The zero-order valence-electron chi connectivity index (χ0n) is 20.5. The Morgan fingerprint density at radius 2 is 1.48 bits per heavy atom. The highest BCUT2D eigenvalue weighted by Gasteiger charge is 2.30. The molecule has 1 atom stereocenters. The molecule has 0 aromatic heterocycles. The minimum absolute atomic E-state index is 0.0124. The lowest BCUT2D eigenvalue weighted by Gasteiger charge is -2.26. The highest BCUT2D eigenvalue weighted by Crippen LogP contribution is 2.15. The fraction of sp³-hybridized carbons (Fsp3) is 0.682. The molecular weight excluding hydrogens is 450 g/mol. The molecule has 0 aromatic rings. The number of esters is 2. The van der Waals surface area contributed by atoms with Crippen molar-refractivity contribution in [3.8, 4) is 0 Å². The molecule has 0 spiro atoms. The van der Waals surface area contributed by atoms with Crippen molar-refractivity contribution in [3.05, 3.63) is 24.3 Å². The third kappa shape index (κ3) is 15.3. The van der Waals surface area contributed by atoms with Gasteiger partial charge >= 0.3 is 26.6 Å². The van der Waals surface area contributed by atoms with Crippen molar-refractivity contribution in [3.63, 3.8) is 0 Å². The second kappa shape index (κ2) is 17.3. The van der Waals surface area contributed by atoms with E-state index in [0.29, 0.717) is 26.2 Å². The van der Waals surface area contributed by atoms with E-state index in [1.165, 1.54) is 13.8 Å². The predicted octanol–water partition coefficient (Wildman–Crippen LogP) is 2.87. The van der Waals surface area contributed by atoms with E-state index >= 15 is 0 Å². The number of hydrogen-bond donors (Lipinski definition) is 1. The van der Waals surface area contributed by atoms with Gasteiger partial charge in [-0.15, -0.1) is 0 Å². The van der Waals surface area contributed by atoms with Gasteiger partial charge in [0, 0.05) is 30.9 Å². The molecular formula is C22H39NO9Si. The summed E-state index contributed by atoms with van der Waals surface area (Å²) >= 11 is 0. The van der Waals surface area contributed by atoms with Crippen LogP contribution < -0.4 is 5.32 Å². The molecule has 1 amide bonds. The number of carbonyl (C=O) groups excluding carboxylic acids is 3. The first-order valence-electron chi connectivity index (χ1n) is 11.0. The highest BCUT2D eigenvalue weighted by atomic mass is 28.4. The van der Waals surface area contributed by atoms with Crippen LogP contribution in [-0.2, 0) is 37.4 Å². The molecule has 0 aromatic carbocycles. The first-order valence-corrected chi connectivity index (χ1v) is 13.5. The molecule has 33 heavy (non-hydrogen) atoms. The number of carbonyl (C=O) groups is 3. The Bertz CT molecular complexity index is 648. The van der Waals surface area contributed by atoms with Gasteiger partial charge in [-0.1, -0.05) is 13.2 Å². The third-order valence-corrected chi connectivity index (χ3v) is 7.17. The van der Waals surface area contributed by atoms with E-state index in [9.17, 15) is 14.4 Å². The van der Waals surface area contributed by atoms with Gasteiger partial charge in [0.15, 0.2) is 6.10 Å². The largest absolute Gasteiger partial charge is 0.460 e. The zero-order valence-corrected chi connectivity index (χ0v) is 21.5. The molecule has 0 aliphatic rings. The topological polar surface area (TPSA) is 119 Å². The highest BCUT2D eigenvalue weighted by molar-refractivity contribution is 6.66. The molecule has 0 heterocycles. The zero-order chi connectivity index (χ0) is 25.3. The summed E-state index contributed by atoms with van der Waals surface area (Å²) in [5.41, 5.74) is 0.506. The Morgan fingerprint density at radius 3 is 2.03 bits per heavy atom. The molecule has 190 valence electrons. The smallest absolute Gasteiger partial charge is 0.407 e. The molecule has 0 rings (SSSR count). The van der Waals surface area contributed by atoms with Gasteiger partial charge in [0.25, 0.3) is 0 Å². The molecule has 11 heteroatoms. The molecule has 0 bridgehead atoms. The molecule has 0 fully saturated rings. The maximum absolute atomic E-state index is 12.2. The lowest BCUT2D eigenvalue weighted by atomic mass is 10.3. The van der Waals surface area contributed by atoms with E-state index in [1.807, 2.05) is 20.4 Å². The van der Waals surface area contributed by atoms with Gasteiger partial charge in [-0.05, 0) is 46.7 Å². The summed E-state index contributed by atoms with van der Waals surface area (Å²) in [6, 6.07) is 0.723. The number of hydrogen-bond acceptors (Lipinski definition) is 9. The minimum atomic E-state index is -2.25. The van der Waals surface area contributed by atoms with Crippen LogP contribution in [0.3, 0.4) is 0 Å². The second-order valence-electron chi connectivity index (χ2n) is 7.43. The Labute approximate surface area is 197 Å². The Balaban J connectivity index is 4.52. The predicted molar refractivity (Wildman–Crippen MR) is 125 cm³/mol. The van der Waals surface area contributed by atoms with Gasteiger partial charge in [-0.2, -0.15) is 0 Å². The number of amides is 1. The average molecular weight is 490 g/mol. The van der Waals surface area contributed by atoms with Crippen molar-refractivity contribution >= 4 is 26.6 Å². The number of rotatable bonds is 18. The lowest BCUT2D eigenvalue weighted by Crippen LogP contribution is -2.40. The summed E-state index contributed by atoms with van der Waals surface area (Å²) in [6.45, 7) is 17.2. The molecule has 10 nitrogen and oxygen atoms in total. The number of ether oxygens (including phenoxy) is 4. The van der Waals surface area contributed by atoms with Gasteiger partial charge in [-0.25, -0.2) is 14.4 Å². The first-order chi connectivity index (χ1) is 15.5. The van der Waals surface area contributed by atoms with Crippen LogP contribution in [0.1, 0.15) is 34.1 Å². The monoisotopic (exact) mass is 489 g/mol. The first kappa shape index (κ1) is 30.8. The Morgan fingerprint density at radius 1 is 0.909 bits per heavy atom. The maximum atomic E-state index is 12.2. The molecule has 1 N–H and O–H groups in total. The Kier molecular flexibility index (Phi) is 16.1. The van der Waals surface area contributed by atoms with E-state index < -0.39 is 32.7 Å². The van der Waals surface area contributed by atoms with Gasteiger partial charge in [0.2, 0.25) is 0 Å². The Hall–Kier alpha value is -2.21. The summed E-state index contributed by atoms with van der Waals surface area (Å²) in [6.07, 6.45) is -0.853. The van der Waals surface area contributed by atoms with Gasteiger partial charge < -0.3 is 33.1 Å². The van der Waals surface area contributed by atoms with Gasteiger partial charge in [0.1, 0.15) is 13.2 Å². The van der Waals surface area contributed by atoms with Crippen LogP contribution in [0.15, 0.2) is 24.3 Å². The van der Waals surface area contributed by atoms with E-state index in [1.54, 1.807) is 0 Å². The molecule has 0 radical (unpaired) electrons. The molecule has 0 aliphatic heterocycles. The van der Waals surface area contributed by atoms with E-state index in [0.717, 1.165) is 6.04 Å². The summed E-state index contributed by atoms with van der Waals surface area (Å²) in [7, 11) is -2.25. The summed E-state index contributed by atoms with van der Waals surface area (Å²) in [5, 5.41) is 2.67. The fourth-order valence-corrected chi connectivity index (χ4v) is 4.94. The van der Waals surface area contributed by atoms with Crippen LogP contribution in [0, 0.1) is 0 Å². The molecule has 1 unspecified atom stereocenters. The van der Waals surface area contributed by atoms with Crippen LogP contribution in [0.5, 0.6) is 0 Å². The van der Waals surface area contributed by atoms with Crippen molar-refractivity contribution in [2.75, 3.05) is 46.2 Å². The van der Waals surface area contributed by atoms with Crippen molar-refractivity contribution in [2.24, 2.45) is 0 Å². The van der Waals surface area contributed by atoms with E-state index in [-0.39, 0.29) is 37.6 Å². The summed E-state index contributed by atoms with van der Waals surface area (Å²) in [5.74, 6) is -1.12. The third-order valence-electron chi connectivity index (χ3n) is 4.11. The van der Waals surface area contributed by atoms with E-state index in [2.05, 4.69) is 18.5 Å². The van der Waals surface area contributed by atoms with Crippen molar-refractivity contribution in [2.45, 2.75) is 52.8 Å². The molecule has 0 saturated carbocycles. The van der Waals surface area contributed by atoms with Crippen LogP contribution in [0.4, 0.5) is 4.79 Å². The number of alkyl carbamates (subject to hydrolysis) is 1. The quantitative estimate of drug-likeness (QED) is 0.102. The van der Waals surface area contributed by atoms with Crippen LogP contribution in [-0.4, -0.2) is 78.9 Å². The second-order valence-corrected chi connectivity index (χ2v) is 10.8. The van der Waals surface area contributed by atoms with Crippen molar-refractivity contribution in [1.29, 1.82) is 0 Å². The lowest BCUT2D eigenvalue weighted by molar-refractivity contribution is -0.145. The fourth-order valence-electron chi connectivity index (χ4n) is 2.53. The van der Waals surface area contributed by atoms with Crippen molar-refractivity contribution < 1.29 is 42.2 Å². The van der Waals surface area contributed by atoms with Crippen LogP contribution in [0.2, 0.25) is 12.6 Å². The minimum Gasteiger partial charge on any atom is -0.460 e. The normalized spacial score (nSPS) is 11.9. The van der Waals surface area contributed by atoms with Gasteiger partial charge in [0.05, 0.1) is 13.2 Å². The number of nitrogens with one attached hydrogen (secondary N) is 1. The van der Waals surface area contributed by atoms with Crippen LogP contribution in [0.25, 0.3) is 0 Å². The molecule has 0 aliphatic carbocycles. The average Bonchev–Trinajstić information content (AvgIpc) is 2.74. The van der Waals surface area contributed by atoms with Crippen LogP contribution >= 0.6 is 0 Å². The van der Waals surface area contributed by atoms with E-state index in [4.69, 9.17) is 27.8 Å². The standard InChI is InChI=1S/C22H39NO9Si/c1-8-30-33(7,31-9-2)14-10-11-23-22(26)32-19(16-29-21(25)18(5)6)15-27-12-13-28-20(24)17(3)4/h19H,3,5,8-16H2,1-2,4,6-7H3,(H,23,26).